The van der Waals surface area contributed by atoms with Crippen molar-refractivity contribution in [2.75, 3.05) is 26.3 Å². The van der Waals surface area contributed by atoms with E-state index in [9.17, 15) is 9.59 Å². The highest BCUT2D eigenvalue weighted by molar-refractivity contribution is 6.74. The van der Waals surface area contributed by atoms with Crippen LogP contribution in [0.15, 0.2) is 25.3 Å². The highest BCUT2D eigenvalue weighted by Crippen LogP contribution is 2.40. The Bertz CT molecular complexity index is 646. The Balaban J connectivity index is 2.20. The van der Waals surface area contributed by atoms with Crippen molar-refractivity contribution in [3.05, 3.63) is 25.3 Å². The molecule has 8 heteroatoms. The van der Waals surface area contributed by atoms with Gasteiger partial charge in [-0.2, -0.15) is 0 Å². The van der Waals surface area contributed by atoms with E-state index in [4.69, 9.17) is 13.9 Å². The minimum absolute atomic E-state index is 0.0705. The van der Waals surface area contributed by atoms with Crippen LogP contribution < -0.4 is 0 Å². The molecule has 0 radical (unpaired) electrons. The van der Waals surface area contributed by atoms with Gasteiger partial charge in [-0.3, -0.25) is 0 Å². The van der Waals surface area contributed by atoms with E-state index in [0.717, 1.165) is 12.8 Å². The molecule has 2 saturated heterocycles. The fourth-order valence-electron chi connectivity index (χ4n) is 3.92. The van der Waals surface area contributed by atoms with E-state index in [2.05, 4.69) is 47.0 Å². The van der Waals surface area contributed by atoms with Crippen molar-refractivity contribution in [2.24, 2.45) is 0 Å². The van der Waals surface area contributed by atoms with E-state index < -0.39 is 8.32 Å². The molecule has 1 unspecified atom stereocenters. The lowest BCUT2D eigenvalue weighted by atomic mass is 10.0. The summed E-state index contributed by atoms with van der Waals surface area (Å²) in [6.07, 6.45) is 4.70. The van der Waals surface area contributed by atoms with Crippen molar-refractivity contribution >= 4 is 20.5 Å². The lowest BCUT2D eigenvalue weighted by Gasteiger charge is -2.38. The van der Waals surface area contributed by atoms with Crippen LogP contribution in [0.4, 0.5) is 9.59 Å². The van der Waals surface area contributed by atoms with Crippen LogP contribution in [0.3, 0.4) is 0 Å². The van der Waals surface area contributed by atoms with Crippen molar-refractivity contribution < 1.29 is 23.5 Å². The van der Waals surface area contributed by atoms with Crippen LogP contribution in [0.1, 0.15) is 40.0 Å². The fraction of sp³-hybridized carbons (Fsp3) is 0.727. The molecule has 0 aromatic carbocycles. The maximum absolute atomic E-state index is 12.8. The lowest BCUT2D eigenvalue weighted by Crippen LogP contribution is -2.50. The van der Waals surface area contributed by atoms with Gasteiger partial charge in [-0.15, -0.1) is 0 Å². The average Bonchev–Trinajstić information content (AvgIpc) is 3.29. The third-order valence-electron chi connectivity index (χ3n) is 6.43. The average molecular weight is 439 g/mol. The zero-order valence-corrected chi connectivity index (χ0v) is 20.2. The van der Waals surface area contributed by atoms with Crippen LogP contribution in [-0.4, -0.2) is 74.8 Å². The molecule has 0 aromatic heterocycles. The second kappa shape index (κ2) is 10.0. The van der Waals surface area contributed by atoms with Crippen molar-refractivity contribution in [1.82, 2.24) is 9.80 Å². The van der Waals surface area contributed by atoms with E-state index in [1.807, 2.05) is 0 Å². The Hall–Kier alpha value is -1.80. The number of ether oxygens (including phenoxy) is 2. The number of carbonyl (C=O) groups excluding carboxylic acids is 2. The summed E-state index contributed by atoms with van der Waals surface area (Å²) in [7, 11) is -2.00. The Kier molecular flexibility index (Phi) is 8.16. The first-order valence-corrected chi connectivity index (χ1v) is 13.7. The largest absolute Gasteiger partial charge is 0.445 e. The summed E-state index contributed by atoms with van der Waals surface area (Å²) in [4.78, 5) is 28.8. The Morgan fingerprint density at radius 3 is 2.13 bits per heavy atom. The monoisotopic (exact) mass is 438 g/mol. The van der Waals surface area contributed by atoms with Gasteiger partial charge in [0.2, 0.25) is 0 Å². The molecule has 0 aromatic rings. The van der Waals surface area contributed by atoms with Gasteiger partial charge in [-0.25, -0.2) is 9.59 Å². The van der Waals surface area contributed by atoms with Gasteiger partial charge in [-0.05, 0) is 37.4 Å². The molecule has 2 amide bonds. The molecule has 0 saturated carbocycles. The van der Waals surface area contributed by atoms with Gasteiger partial charge < -0.3 is 23.7 Å². The Morgan fingerprint density at radius 2 is 1.60 bits per heavy atom. The topological polar surface area (TPSA) is 68.3 Å². The predicted octanol–water partition coefficient (Wildman–Crippen LogP) is 4.56. The second-order valence-corrected chi connectivity index (χ2v) is 14.3. The molecule has 0 bridgehead atoms. The minimum atomic E-state index is -2.00. The van der Waals surface area contributed by atoms with Crippen molar-refractivity contribution in [1.29, 1.82) is 0 Å². The molecule has 0 N–H and O–H groups in total. The summed E-state index contributed by atoms with van der Waals surface area (Å²) in [5.41, 5.74) is 0. The van der Waals surface area contributed by atoms with Crippen LogP contribution in [0.2, 0.25) is 18.1 Å². The molecule has 2 aliphatic rings. The number of carbonyl (C=O) groups is 2. The number of likely N-dealkylation sites (tertiary alicyclic amines) is 2. The zero-order valence-electron chi connectivity index (χ0n) is 19.2. The number of rotatable bonds is 7. The highest BCUT2D eigenvalue weighted by atomic mass is 28.4. The molecular formula is C22H38N2O5Si. The molecule has 2 heterocycles. The number of amides is 2. The normalized spacial score (nSPS) is 24.6. The maximum Gasteiger partial charge on any atom is 0.410 e. The summed E-state index contributed by atoms with van der Waals surface area (Å²) >= 11 is 0. The van der Waals surface area contributed by atoms with Gasteiger partial charge in [0.25, 0.3) is 0 Å². The minimum Gasteiger partial charge on any atom is -0.445 e. The van der Waals surface area contributed by atoms with Crippen LogP contribution in [0.25, 0.3) is 0 Å². The lowest BCUT2D eigenvalue weighted by molar-refractivity contribution is 0.0708. The number of hydrogen-bond acceptors (Lipinski definition) is 5. The molecule has 2 fully saturated rings. The van der Waals surface area contributed by atoms with Crippen molar-refractivity contribution in [2.45, 2.75) is 76.4 Å². The SMILES string of the molecule is C=CCOC(=O)N1CCCC1[C@@H]1C[C@@H](O[Si](C)(C)C(C)(C)C)CN1C(=O)OCC=C. The molecule has 2 aliphatic heterocycles. The molecule has 7 nitrogen and oxygen atoms in total. The van der Waals surface area contributed by atoms with Crippen LogP contribution >= 0.6 is 0 Å². The van der Waals surface area contributed by atoms with Gasteiger partial charge >= 0.3 is 12.2 Å². The van der Waals surface area contributed by atoms with E-state index >= 15 is 0 Å². The summed E-state index contributed by atoms with van der Waals surface area (Å²) in [6, 6.07) is -0.262. The first-order chi connectivity index (χ1) is 14.0. The van der Waals surface area contributed by atoms with Gasteiger partial charge in [0.15, 0.2) is 8.32 Å². The molecule has 2 rings (SSSR count). The predicted molar refractivity (Wildman–Crippen MR) is 120 cm³/mol. The highest BCUT2D eigenvalue weighted by Gasteiger charge is 2.48. The molecular weight excluding hydrogens is 400 g/mol. The third-order valence-corrected chi connectivity index (χ3v) is 11.0. The third kappa shape index (κ3) is 5.66. The van der Waals surface area contributed by atoms with Crippen molar-refractivity contribution in [3.63, 3.8) is 0 Å². The quantitative estimate of drug-likeness (QED) is 0.430. The summed E-state index contributed by atoms with van der Waals surface area (Å²) < 4.78 is 17.2. The summed E-state index contributed by atoms with van der Waals surface area (Å²) in [5, 5.41) is 0.0765. The van der Waals surface area contributed by atoms with Crippen LogP contribution in [-0.2, 0) is 13.9 Å². The summed E-state index contributed by atoms with van der Waals surface area (Å²) in [6.45, 7) is 19.7. The molecule has 0 spiro atoms. The van der Waals surface area contributed by atoms with E-state index in [-0.39, 0.29) is 48.6 Å². The number of nitrogens with zero attached hydrogens (tertiary/aromatic N) is 2. The maximum atomic E-state index is 12.8. The zero-order chi connectivity index (χ0) is 22.5. The molecule has 170 valence electrons. The Morgan fingerprint density at radius 1 is 1.03 bits per heavy atom. The van der Waals surface area contributed by atoms with Gasteiger partial charge in [-0.1, -0.05) is 46.1 Å². The van der Waals surface area contributed by atoms with Crippen LogP contribution in [0, 0.1) is 0 Å². The van der Waals surface area contributed by atoms with Gasteiger partial charge in [0.05, 0.1) is 18.2 Å². The fourth-order valence-corrected chi connectivity index (χ4v) is 5.28. The Labute approximate surface area is 182 Å². The van der Waals surface area contributed by atoms with Crippen LogP contribution in [0.5, 0.6) is 0 Å². The molecule has 3 atom stereocenters. The molecule has 0 aliphatic carbocycles. The standard InChI is InChI=1S/C22H38N2O5Si/c1-8-13-27-20(25)23-12-10-11-18(23)19-15-17(29-30(6,7)22(3,4)5)16-24(19)21(26)28-14-9-2/h8-9,17-19H,1-2,10-16H2,3-7H3/t17-,18?,19+/m1/s1. The smallest absolute Gasteiger partial charge is 0.410 e. The first kappa shape index (κ1) is 24.5. The van der Waals surface area contributed by atoms with Crippen molar-refractivity contribution in [3.8, 4) is 0 Å². The van der Waals surface area contributed by atoms with E-state index in [0.29, 0.717) is 19.5 Å². The van der Waals surface area contributed by atoms with Gasteiger partial charge in [0, 0.05) is 13.1 Å². The first-order valence-electron chi connectivity index (χ1n) is 10.8. The van der Waals surface area contributed by atoms with E-state index in [1.54, 1.807) is 22.0 Å². The summed E-state index contributed by atoms with van der Waals surface area (Å²) in [5.74, 6) is 0. The molecule has 30 heavy (non-hydrogen) atoms. The van der Waals surface area contributed by atoms with Gasteiger partial charge in [0.1, 0.15) is 13.2 Å². The van der Waals surface area contributed by atoms with E-state index in [1.165, 1.54) is 0 Å². The number of hydrogen-bond donors (Lipinski definition) is 0. The second-order valence-electron chi connectivity index (χ2n) is 9.59.